The van der Waals surface area contributed by atoms with E-state index >= 15 is 0 Å². The zero-order valence-electron chi connectivity index (χ0n) is 15.2. The third-order valence-electron chi connectivity index (χ3n) is 3.97. The minimum Gasteiger partial charge on any atom is -0.508 e. The predicted octanol–water partition coefficient (Wildman–Crippen LogP) is 0.694. The number of hydrogen-bond acceptors (Lipinski definition) is 7. The van der Waals surface area contributed by atoms with Crippen LogP contribution in [-0.2, 0) is 30.3 Å². The molecule has 1 fully saturated rings. The molecule has 0 aromatic heterocycles. The number of esters is 2. The Balaban J connectivity index is 2.23. The van der Waals surface area contributed by atoms with Gasteiger partial charge in [-0.1, -0.05) is 12.1 Å². The zero-order valence-corrected chi connectivity index (χ0v) is 15.2. The molecular formula is C18H22N2O7. The van der Waals surface area contributed by atoms with E-state index in [1.54, 1.807) is 26.0 Å². The first-order valence-corrected chi connectivity index (χ1v) is 8.58. The maximum atomic E-state index is 12.7. The Kier molecular flexibility index (Phi) is 6.75. The van der Waals surface area contributed by atoms with Crippen molar-refractivity contribution in [1.29, 1.82) is 0 Å². The van der Waals surface area contributed by atoms with Gasteiger partial charge in [0.05, 0.1) is 13.2 Å². The molecule has 1 N–H and O–H groups in total. The molecule has 27 heavy (non-hydrogen) atoms. The summed E-state index contributed by atoms with van der Waals surface area (Å²) in [6.45, 7) is 2.60. The lowest BCUT2D eigenvalue weighted by molar-refractivity contribution is -0.147. The Hall–Kier alpha value is -3.10. The number of phenolic OH excluding ortho intramolecular Hbond substituents is 1. The van der Waals surface area contributed by atoms with E-state index in [9.17, 15) is 24.3 Å². The van der Waals surface area contributed by atoms with Gasteiger partial charge in [0.15, 0.2) is 0 Å². The normalized spacial score (nSPS) is 16.6. The number of urea groups is 1. The molecule has 0 radical (unpaired) electrons. The topological polar surface area (TPSA) is 113 Å². The second-order valence-corrected chi connectivity index (χ2v) is 5.83. The molecule has 1 aromatic rings. The lowest BCUT2D eigenvalue weighted by atomic mass is 10.0. The van der Waals surface area contributed by atoms with Gasteiger partial charge in [0.1, 0.15) is 24.9 Å². The van der Waals surface area contributed by atoms with Crippen LogP contribution < -0.4 is 0 Å². The third-order valence-corrected chi connectivity index (χ3v) is 3.97. The molecule has 0 aliphatic carbocycles. The van der Waals surface area contributed by atoms with Gasteiger partial charge in [-0.2, -0.15) is 0 Å². The number of amides is 3. The average Bonchev–Trinajstić information content (AvgIpc) is 2.82. The van der Waals surface area contributed by atoms with Gasteiger partial charge in [0, 0.05) is 6.42 Å². The molecule has 1 aliphatic rings. The van der Waals surface area contributed by atoms with Gasteiger partial charge in [0.25, 0.3) is 5.91 Å². The van der Waals surface area contributed by atoms with Gasteiger partial charge in [-0.15, -0.1) is 0 Å². The van der Waals surface area contributed by atoms with Crippen molar-refractivity contribution >= 4 is 23.9 Å². The quantitative estimate of drug-likeness (QED) is 0.523. The SMILES string of the molecule is CCOC(=O)CN1C(=O)C(Cc2ccc(O)cc2)N(CC(=O)OCC)C1=O. The van der Waals surface area contributed by atoms with E-state index in [0.717, 1.165) is 9.80 Å². The van der Waals surface area contributed by atoms with Crippen LogP contribution in [0.15, 0.2) is 24.3 Å². The lowest BCUT2D eigenvalue weighted by Crippen LogP contribution is -2.41. The summed E-state index contributed by atoms with van der Waals surface area (Å²) in [5.41, 5.74) is 0.686. The number of ether oxygens (including phenoxy) is 2. The fourth-order valence-electron chi connectivity index (χ4n) is 2.75. The highest BCUT2D eigenvalue weighted by Gasteiger charge is 2.46. The first-order valence-electron chi connectivity index (χ1n) is 8.58. The van der Waals surface area contributed by atoms with Crippen molar-refractivity contribution in [2.75, 3.05) is 26.3 Å². The molecule has 9 heteroatoms. The molecule has 9 nitrogen and oxygen atoms in total. The van der Waals surface area contributed by atoms with Crippen molar-refractivity contribution in [1.82, 2.24) is 9.80 Å². The minimum atomic E-state index is -0.958. The van der Waals surface area contributed by atoms with Crippen LogP contribution in [0.5, 0.6) is 5.75 Å². The van der Waals surface area contributed by atoms with Crippen LogP contribution in [0.25, 0.3) is 0 Å². The van der Waals surface area contributed by atoms with Gasteiger partial charge in [-0.3, -0.25) is 19.3 Å². The van der Waals surface area contributed by atoms with Crippen molar-refractivity contribution in [2.45, 2.75) is 26.3 Å². The highest BCUT2D eigenvalue weighted by atomic mass is 16.5. The second kappa shape index (κ2) is 9.02. The van der Waals surface area contributed by atoms with E-state index in [2.05, 4.69) is 0 Å². The Morgan fingerprint density at radius 1 is 1.00 bits per heavy atom. The van der Waals surface area contributed by atoms with Crippen LogP contribution in [0.1, 0.15) is 19.4 Å². The zero-order chi connectivity index (χ0) is 20.0. The fraction of sp³-hybridized carbons (Fsp3) is 0.444. The molecular weight excluding hydrogens is 356 g/mol. The summed E-state index contributed by atoms with van der Waals surface area (Å²) in [5, 5.41) is 9.38. The number of hydrogen-bond donors (Lipinski definition) is 1. The van der Waals surface area contributed by atoms with E-state index in [1.807, 2.05) is 0 Å². The van der Waals surface area contributed by atoms with Crippen LogP contribution in [0.2, 0.25) is 0 Å². The Labute approximate surface area is 156 Å². The monoisotopic (exact) mass is 378 g/mol. The summed E-state index contributed by atoms with van der Waals surface area (Å²) in [4.78, 5) is 50.8. The van der Waals surface area contributed by atoms with Gasteiger partial charge < -0.3 is 19.5 Å². The average molecular weight is 378 g/mol. The lowest BCUT2D eigenvalue weighted by Gasteiger charge is -2.20. The molecule has 0 bridgehead atoms. The minimum absolute atomic E-state index is 0.0693. The van der Waals surface area contributed by atoms with E-state index in [0.29, 0.717) is 5.56 Å². The van der Waals surface area contributed by atoms with Gasteiger partial charge in [-0.25, -0.2) is 4.79 Å². The van der Waals surface area contributed by atoms with Gasteiger partial charge >= 0.3 is 18.0 Å². The number of carbonyl (C=O) groups is 4. The maximum absolute atomic E-state index is 12.7. The number of nitrogens with zero attached hydrogens (tertiary/aromatic N) is 2. The molecule has 0 spiro atoms. The highest BCUT2D eigenvalue weighted by molar-refractivity contribution is 6.07. The van der Waals surface area contributed by atoms with Crippen LogP contribution in [-0.4, -0.2) is 71.1 Å². The molecule has 1 atom stereocenters. The molecule has 1 aromatic carbocycles. The first-order chi connectivity index (χ1) is 12.9. The summed E-state index contributed by atoms with van der Waals surface area (Å²) in [5.74, 6) is -1.88. The highest BCUT2D eigenvalue weighted by Crippen LogP contribution is 2.22. The molecule has 1 aliphatic heterocycles. The first kappa shape index (κ1) is 20.2. The van der Waals surface area contributed by atoms with Crippen LogP contribution in [0, 0.1) is 0 Å². The van der Waals surface area contributed by atoms with Crippen molar-refractivity contribution in [3.63, 3.8) is 0 Å². The van der Waals surface area contributed by atoms with E-state index in [4.69, 9.17) is 9.47 Å². The van der Waals surface area contributed by atoms with Crippen molar-refractivity contribution < 1.29 is 33.8 Å². The van der Waals surface area contributed by atoms with E-state index < -0.39 is 43.0 Å². The summed E-state index contributed by atoms with van der Waals surface area (Å²) in [6.07, 6.45) is 0.129. The molecule has 1 heterocycles. The largest absolute Gasteiger partial charge is 0.508 e. The summed E-state index contributed by atoms with van der Waals surface area (Å²) >= 11 is 0. The summed E-state index contributed by atoms with van der Waals surface area (Å²) in [7, 11) is 0. The van der Waals surface area contributed by atoms with E-state index in [-0.39, 0.29) is 25.4 Å². The summed E-state index contributed by atoms with van der Waals surface area (Å²) in [6, 6.07) is 4.45. The van der Waals surface area contributed by atoms with Crippen molar-refractivity contribution in [2.24, 2.45) is 0 Å². The number of phenols is 1. The smallest absolute Gasteiger partial charge is 0.328 e. The summed E-state index contributed by atoms with van der Waals surface area (Å²) < 4.78 is 9.67. The number of carbonyl (C=O) groups excluding carboxylic acids is 4. The molecule has 1 saturated heterocycles. The Bertz CT molecular complexity index is 717. The molecule has 3 amide bonds. The Morgan fingerprint density at radius 3 is 2.11 bits per heavy atom. The number of benzene rings is 1. The van der Waals surface area contributed by atoms with E-state index in [1.165, 1.54) is 12.1 Å². The third kappa shape index (κ3) is 4.96. The van der Waals surface area contributed by atoms with Crippen molar-refractivity contribution in [3.8, 4) is 5.75 Å². The van der Waals surface area contributed by atoms with Gasteiger partial charge in [-0.05, 0) is 31.5 Å². The fourth-order valence-corrected chi connectivity index (χ4v) is 2.75. The number of rotatable bonds is 8. The van der Waals surface area contributed by atoms with Crippen LogP contribution in [0.3, 0.4) is 0 Å². The number of aromatic hydroxyl groups is 1. The van der Waals surface area contributed by atoms with Crippen LogP contribution >= 0.6 is 0 Å². The van der Waals surface area contributed by atoms with Crippen LogP contribution in [0.4, 0.5) is 4.79 Å². The second-order valence-electron chi connectivity index (χ2n) is 5.83. The molecule has 1 unspecified atom stereocenters. The maximum Gasteiger partial charge on any atom is 0.328 e. The van der Waals surface area contributed by atoms with Crippen molar-refractivity contribution in [3.05, 3.63) is 29.8 Å². The molecule has 0 saturated carbocycles. The van der Waals surface area contributed by atoms with Gasteiger partial charge in [0.2, 0.25) is 0 Å². The standard InChI is InChI=1S/C18H22N2O7/c1-3-26-15(22)10-19-14(9-12-5-7-13(21)8-6-12)17(24)20(18(19)25)11-16(23)27-4-2/h5-8,14,21H,3-4,9-11H2,1-2H3. The molecule has 146 valence electrons. The number of imide groups is 1. The predicted molar refractivity (Wildman–Crippen MR) is 92.7 cm³/mol. The molecule has 2 rings (SSSR count). The Morgan fingerprint density at radius 2 is 1.56 bits per heavy atom.